The number of rotatable bonds is 4. The molecule has 1 aliphatic rings. The standard InChI is InChI=1S/C14H20O3/c1-5-9(3)12-10(6-2)7-11-13(14(12)15-4)17-8-16-11/h7,9H,5-6,8H2,1-4H3. The lowest BCUT2D eigenvalue weighted by Crippen LogP contribution is -2.02. The van der Waals surface area contributed by atoms with Crippen LogP contribution in [0.5, 0.6) is 17.2 Å². The van der Waals surface area contributed by atoms with Crippen molar-refractivity contribution in [3.05, 3.63) is 17.2 Å². The van der Waals surface area contributed by atoms with Crippen molar-refractivity contribution in [1.29, 1.82) is 0 Å². The van der Waals surface area contributed by atoms with E-state index in [-0.39, 0.29) is 0 Å². The molecule has 2 rings (SSSR count). The van der Waals surface area contributed by atoms with E-state index in [1.807, 2.05) is 0 Å². The number of hydrogen-bond acceptors (Lipinski definition) is 3. The molecule has 1 aromatic carbocycles. The van der Waals surface area contributed by atoms with Crippen molar-refractivity contribution < 1.29 is 14.2 Å². The maximum atomic E-state index is 5.55. The van der Waals surface area contributed by atoms with Crippen LogP contribution in [0.1, 0.15) is 44.2 Å². The first kappa shape index (κ1) is 12.1. The Kier molecular flexibility index (Phi) is 3.46. The van der Waals surface area contributed by atoms with Crippen LogP contribution in [-0.4, -0.2) is 13.9 Å². The molecular formula is C14H20O3. The Hall–Kier alpha value is -1.38. The number of benzene rings is 1. The highest BCUT2D eigenvalue weighted by Gasteiger charge is 2.26. The Balaban J connectivity index is 2.61. The van der Waals surface area contributed by atoms with Crippen LogP contribution in [0.15, 0.2) is 6.07 Å². The number of methoxy groups -OCH3 is 1. The number of ether oxygens (including phenoxy) is 3. The van der Waals surface area contributed by atoms with Gasteiger partial charge in [0.1, 0.15) is 0 Å². The Labute approximate surface area is 103 Å². The van der Waals surface area contributed by atoms with Crippen molar-refractivity contribution in [3.8, 4) is 17.2 Å². The lowest BCUT2D eigenvalue weighted by molar-refractivity contribution is 0.171. The summed E-state index contributed by atoms with van der Waals surface area (Å²) in [5.41, 5.74) is 2.56. The fraction of sp³-hybridized carbons (Fsp3) is 0.571. The molecule has 1 unspecified atom stereocenters. The topological polar surface area (TPSA) is 27.7 Å². The zero-order chi connectivity index (χ0) is 12.4. The molecule has 17 heavy (non-hydrogen) atoms. The molecule has 1 aliphatic heterocycles. The molecule has 0 radical (unpaired) electrons. The fourth-order valence-corrected chi connectivity index (χ4v) is 2.32. The van der Waals surface area contributed by atoms with E-state index in [1.165, 1.54) is 11.1 Å². The van der Waals surface area contributed by atoms with E-state index < -0.39 is 0 Å². The summed E-state index contributed by atoms with van der Waals surface area (Å²) in [6.45, 7) is 6.86. The summed E-state index contributed by atoms with van der Waals surface area (Å²) < 4.78 is 16.5. The number of fused-ring (bicyclic) bond motifs is 1. The molecule has 0 saturated heterocycles. The highest BCUT2D eigenvalue weighted by Crippen LogP contribution is 2.47. The van der Waals surface area contributed by atoms with E-state index in [4.69, 9.17) is 14.2 Å². The first-order chi connectivity index (χ1) is 8.22. The van der Waals surface area contributed by atoms with E-state index >= 15 is 0 Å². The van der Waals surface area contributed by atoms with Gasteiger partial charge in [0.05, 0.1) is 7.11 Å². The van der Waals surface area contributed by atoms with Gasteiger partial charge in [-0.2, -0.15) is 0 Å². The van der Waals surface area contributed by atoms with E-state index in [0.29, 0.717) is 12.7 Å². The second kappa shape index (κ2) is 4.86. The molecule has 0 fully saturated rings. The van der Waals surface area contributed by atoms with Gasteiger partial charge in [-0.1, -0.05) is 20.8 Å². The van der Waals surface area contributed by atoms with Crippen LogP contribution in [0, 0.1) is 0 Å². The van der Waals surface area contributed by atoms with Gasteiger partial charge in [-0.3, -0.25) is 0 Å². The van der Waals surface area contributed by atoms with Gasteiger partial charge in [-0.05, 0) is 30.4 Å². The average molecular weight is 236 g/mol. The van der Waals surface area contributed by atoms with Crippen LogP contribution in [0.25, 0.3) is 0 Å². The summed E-state index contributed by atoms with van der Waals surface area (Å²) >= 11 is 0. The lowest BCUT2D eigenvalue weighted by atomic mass is 9.91. The van der Waals surface area contributed by atoms with Crippen molar-refractivity contribution in [2.24, 2.45) is 0 Å². The van der Waals surface area contributed by atoms with Crippen molar-refractivity contribution in [1.82, 2.24) is 0 Å². The maximum Gasteiger partial charge on any atom is 0.231 e. The van der Waals surface area contributed by atoms with E-state index in [2.05, 4.69) is 26.8 Å². The molecule has 94 valence electrons. The predicted molar refractivity (Wildman–Crippen MR) is 67.2 cm³/mol. The van der Waals surface area contributed by atoms with Crippen LogP contribution in [0.2, 0.25) is 0 Å². The normalized spacial score (nSPS) is 14.8. The fourth-order valence-electron chi connectivity index (χ4n) is 2.32. The smallest absolute Gasteiger partial charge is 0.231 e. The summed E-state index contributed by atoms with van der Waals surface area (Å²) in [5.74, 6) is 2.89. The lowest BCUT2D eigenvalue weighted by Gasteiger charge is -2.19. The summed E-state index contributed by atoms with van der Waals surface area (Å²) in [4.78, 5) is 0. The summed E-state index contributed by atoms with van der Waals surface area (Å²) in [5, 5.41) is 0. The van der Waals surface area contributed by atoms with Crippen molar-refractivity contribution in [3.63, 3.8) is 0 Å². The Morgan fingerprint density at radius 3 is 2.71 bits per heavy atom. The molecule has 3 heteroatoms. The van der Waals surface area contributed by atoms with E-state index in [1.54, 1.807) is 7.11 Å². The average Bonchev–Trinajstić information content (AvgIpc) is 2.83. The molecule has 0 aliphatic carbocycles. The third kappa shape index (κ3) is 1.94. The van der Waals surface area contributed by atoms with Crippen LogP contribution >= 0.6 is 0 Å². The van der Waals surface area contributed by atoms with Gasteiger partial charge in [0.25, 0.3) is 0 Å². The molecule has 1 heterocycles. The molecule has 0 N–H and O–H groups in total. The zero-order valence-corrected chi connectivity index (χ0v) is 11.0. The number of aryl methyl sites for hydroxylation is 1. The summed E-state index contributed by atoms with van der Waals surface area (Å²) in [6.07, 6.45) is 2.07. The van der Waals surface area contributed by atoms with E-state index in [0.717, 1.165) is 30.1 Å². The second-order valence-corrected chi connectivity index (χ2v) is 4.38. The highest BCUT2D eigenvalue weighted by molar-refractivity contribution is 5.61. The van der Waals surface area contributed by atoms with Crippen LogP contribution in [-0.2, 0) is 6.42 Å². The Morgan fingerprint density at radius 2 is 2.12 bits per heavy atom. The molecule has 1 atom stereocenters. The quantitative estimate of drug-likeness (QED) is 0.800. The summed E-state index contributed by atoms with van der Waals surface area (Å²) in [6, 6.07) is 2.09. The minimum absolute atomic E-state index is 0.290. The molecular weight excluding hydrogens is 216 g/mol. The minimum Gasteiger partial charge on any atom is -0.492 e. The zero-order valence-electron chi connectivity index (χ0n) is 11.0. The molecule has 0 saturated carbocycles. The van der Waals surface area contributed by atoms with Gasteiger partial charge in [0.15, 0.2) is 11.5 Å². The molecule has 0 aromatic heterocycles. The van der Waals surface area contributed by atoms with Crippen molar-refractivity contribution in [2.75, 3.05) is 13.9 Å². The summed E-state index contributed by atoms with van der Waals surface area (Å²) in [7, 11) is 1.70. The maximum absolute atomic E-state index is 5.55. The third-order valence-corrected chi connectivity index (χ3v) is 3.43. The van der Waals surface area contributed by atoms with Crippen LogP contribution in [0.4, 0.5) is 0 Å². The van der Waals surface area contributed by atoms with Gasteiger partial charge < -0.3 is 14.2 Å². The van der Waals surface area contributed by atoms with Crippen LogP contribution < -0.4 is 14.2 Å². The van der Waals surface area contributed by atoms with Crippen molar-refractivity contribution in [2.45, 2.75) is 39.5 Å². The van der Waals surface area contributed by atoms with Gasteiger partial charge in [0.2, 0.25) is 12.5 Å². The molecule has 0 bridgehead atoms. The van der Waals surface area contributed by atoms with Crippen molar-refractivity contribution >= 4 is 0 Å². The van der Waals surface area contributed by atoms with Gasteiger partial charge in [-0.15, -0.1) is 0 Å². The highest BCUT2D eigenvalue weighted by atomic mass is 16.7. The first-order valence-corrected chi connectivity index (χ1v) is 6.22. The van der Waals surface area contributed by atoms with Gasteiger partial charge in [-0.25, -0.2) is 0 Å². The second-order valence-electron chi connectivity index (χ2n) is 4.38. The largest absolute Gasteiger partial charge is 0.492 e. The SMILES string of the molecule is CCc1cc2c(c(OC)c1C(C)CC)OCO2. The van der Waals surface area contributed by atoms with Gasteiger partial charge >= 0.3 is 0 Å². The molecule has 3 nitrogen and oxygen atoms in total. The predicted octanol–water partition coefficient (Wildman–Crippen LogP) is 3.50. The van der Waals surface area contributed by atoms with E-state index in [9.17, 15) is 0 Å². The number of hydrogen-bond donors (Lipinski definition) is 0. The molecule has 0 spiro atoms. The first-order valence-electron chi connectivity index (χ1n) is 6.22. The Morgan fingerprint density at radius 1 is 1.35 bits per heavy atom. The van der Waals surface area contributed by atoms with Gasteiger partial charge in [0, 0.05) is 5.56 Å². The molecule has 0 amide bonds. The minimum atomic E-state index is 0.290. The third-order valence-electron chi connectivity index (χ3n) is 3.43. The van der Waals surface area contributed by atoms with Crippen LogP contribution in [0.3, 0.4) is 0 Å². The Bertz CT molecular complexity index is 412. The molecule has 1 aromatic rings. The monoisotopic (exact) mass is 236 g/mol.